The first-order valence-corrected chi connectivity index (χ1v) is 10.1. The second-order valence-electron chi connectivity index (χ2n) is 7.34. The fourth-order valence-corrected chi connectivity index (χ4v) is 3.43. The number of carboxylic acid groups (broad SMARTS) is 1. The zero-order valence-electron chi connectivity index (χ0n) is 17.3. The standard InChI is InChI=1S/C25H19F2N3O3/c26-18-10-8-16(9-11-18)21-14-22(30-29-21)23-19(2-1-3-20(23)27)24(31)28-13-12-15-4-6-17(7-5-15)25(32)33/h1-11,14H,12-13H2,(H,28,31)(H,29,30)(H,32,33). The van der Waals surface area contributed by atoms with Crippen molar-refractivity contribution < 1.29 is 23.5 Å². The van der Waals surface area contributed by atoms with Gasteiger partial charge in [0.05, 0.1) is 22.5 Å². The quantitative estimate of drug-likeness (QED) is 0.383. The molecule has 0 radical (unpaired) electrons. The molecule has 3 N–H and O–H groups in total. The van der Waals surface area contributed by atoms with E-state index in [1.807, 2.05) is 0 Å². The molecule has 0 saturated heterocycles. The lowest BCUT2D eigenvalue weighted by molar-refractivity contribution is 0.0696. The molecule has 6 nitrogen and oxygen atoms in total. The molecule has 0 aliphatic rings. The van der Waals surface area contributed by atoms with Crippen molar-refractivity contribution in [3.63, 3.8) is 0 Å². The van der Waals surface area contributed by atoms with Gasteiger partial charge in [-0.3, -0.25) is 9.89 Å². The summed E-state index contributed by atoms with van der Waals surface area (Å²) in [5, 5.41) is 18.7. The van der Waals surface area contributed by atoms with E-state index in [0.29, 0.717) is 23.4 Å². The summed E-state index contributed by atoms with van der Waals surface area (Å²) >= 11 is 0. The molecule has 4 aromatic rings. The lowest BCUT2D eigenvalue weighted by Crippen LogP contribution is -2.26. The number of aromatic amines is 1. The Labute approximate surface area is 187 Å². The van der Waals surface area contributed by atoms with Crippen molar-refractivity contribution in [2.75, 3.05) is 6.54 Å². The smallest absolute Gasteiger partial charge is 0.335 e. The average molecular weight is 447 g/mol. The molecule has 1 amide bonds. The molecule has 1 aromatic heterocycles. The summed E-state index contributed by atoms with van der Waals surface area (Å²) in [6.07, 6.45) is 0.481. The van der Waals surface area contributed by atoms with Crippen LogP contribution in [0, 0.1) is 11.6 Å². The zero-order chi connectivity index (χ0) is 23.4. The van der Waals surface area contributed by atoms with Crippen LogP contribution in [0.4, 0.5) is 8.78 Å². The molecule has 0 fully saturated rings. The highest BCUT2D eigenvalue weighted by Crippen LogP contribution is 2.29. The molecule has 0 unspecified atom stereocenters. The second kappa shape index (κ2) is 9.44. The summed E-state index contributed by atoms with van der Waals surface area (Å²) in [6, 6.07) is 17.9. The van der Waals surface area contributed by atoms with Gasteiger partial charge in [-0.15, -0.1) is 0 Å². The highest BCUT2D eigenvalue weighted by atomic mass is 19.1. The number of carbonyl (C=O) groups is 2. The van der Waals surface area contributed by atoms with Crippen LogP contribution in [0.3, 0.4) is 0 Å². The van der Waals surface area contributed by atoms with Crippen molar-refractivity contribution in [3.05, 3.63) is 101 Å². The number of aromatic carboxylic acids is 1. The van der Waals surface area contributed by atoms with Crippen LogP contribution in [0.2, 0.25) is 0 Å². The Hall–Kier alpha value is -4.33. The van der Waals surface area contributed by atoms with E-state index in [-0.39, 0.29) is 29.1 Å². The van der Waals surface area contributed by atoms with E-state index in [1.165, 1.54) is 42.5 Å². The fourth-order valence-electron chi connectivity index (χ4n) is 3.43. The molecule has 4 rings (SSSR count). The van der Waals surface area contributed by atoms with E-state index in [4.69, 9.17) is 5.11 Å². The van der Waals surface area contributed by atoms with Gasteiger partial charge in [-0.1, -0.05) is 18.2 Å². The molecule has 3 aromatic carbocycles. The van der Waals surface area contributed by atoms with Gasteiger partial charge in [-0.2, -0.15) is 5.10 Å². The largest absolute Gasteiger partial charge is 0.478 e. The van der Waals surface area contributed by atoms with Crippen LogP contribution < -0.4 is 5.32 Å². The van der Waals surface area contributed by atoms with Gasteiger partial charge in [0.1, 0.15) is 11.6 Å². The van der Waals surface area contributed by atoms with Crippen molar-refractivity contribution in [2.24, 2.45) is 0 Å². The van der Waals surface area contributed by atoms with E-state index in [1.54, 1.807) is 30.3 Å². The molecule has 0 aliphatic carbocycles. The summed E-state index contributed by atoms with van der Waals surface area (Å²) in [4.78, 5) is 23.7. The van der Waals surface area contributed by atoms with Gasteiger partial charge in [0.25, 0.3) is 5.91 Å². The summed E-state index contributed by atoms with van der Waals surface area (Å²) in [6.45, 7) is 0.283. The Morgan fingerprint density at radius 2 is 1.70 bits per heavy atom. The maximum absolute atomic E-state index is 14.7. The second-order valence-corrected chi connectivity index (χ2v) is 7.34. The van der Waals surface area contributed by atoms with Gasteiger partial charge < -0.3 is 10.4 Å². The SMILES string of the molecule is O=C(O)c1ccc(CCNC(=O)c2cccc(F)c2-c2cc(-c3ccc(F)cc3)n[nH]2)cc1. The van der Waals surface area contributed by atoms with Crippen molar-refractivity contribution in [1.29, 1.82) is 0 Å². The van der Waals surface area contributed by atoms with E-state index in [2.05, 4.69) is 15.5 Å². The molecular formula is C25H19F2N3O3. The normalized spacial score (nSPS) is 10.7. The number of H-pyrrole nitrogens is 1. The minimum absolute atomic E-state index is 0.0849. The van der Waals surface area contributed by atoms with Crippen LogP contribution in [0.5, 0.6) is 0 Å². The number of nitrogens with one attached hydrogen (secondary N) is 2. The van der Waals surface area contributed by atoms with Crippen LogP contribution >= 0.6 is 0 Å². The first kappa shape index (κ1) is 21.9. The molecule has 0 saturated carbocycles. The Bertz CT molecular complexity index is 1300. The Morgan fingerprint density at radius 1 is 0.970 bits per heavy atom. The number of hydrogen-bond acceptors (Lipinski definition) is 3. The van der Waals surface area contributed by atoms with E-state index in [0.717, 1.165) is 5.56 Å². The van der Waals surface area contributed by atoms with Crippen molar-refractivity contribution in [3.8, 4) is 22.5 Å². The first-order valence-electron chi connectivity index (χ1n) is 10.1. The van der Waals surface area contributed by atoms with Crippen molar-refractivity contribution in [2.45, 2.75) is 6.42 Å². The third-order valence-corrected chi connectivity index (χ3v) is 5.15. The van der Waals surface area contributed by atoms with Crippen molar-refractivity contribution >= 4 is 11.9 Å². The number of carboxylic acids is 1. The number of rotatable bonds is 7. The summed E-state index contributed by atoms with van der Waals surface area (Å²) in [7, 11) is 0. The molecule has 8 heteroatoms. The number of amides is 1. The molecule has 0 atom stereocenters. The number of aromatic nitrogens is 2. The number of hydrogen-bond donors (Lipinski definition) is 3. The van der Waals surface area contributed by atoms with Gasteiger partial charge in [-0.25, -0.2) is 13.6 Å². The summed E-state index contributed by atoms with van der Waals surface area (Å²) in [5.74, 6) is -2.42. The third kappa shape index (κ3) is 4.95. The Morgan fingerprint density at radius 3 is 2.39 bits per heavy atom. The highest BCUT2D eigenvalue weighted by molar-refractivity contribution is 6.00. The molecule has 0 aliphatic heterocycles. The van der Waals surface area contributed by atoms with Crippen LogP contribution in [0.25, 0.3) is 22.5 Å². The Balaban J connectivity index is 1.50. The highest BCUT2D eigenvalue weighted by Gasteiger charge is 2.19. The zero-order valence-corrected chi connectivity index (χ0v) is 17.3. The van der Waals surface area contributed by atoms with Gasteiger partial charge in [0, 0.05) is 17.7 Å². The first-order chi connectivity index (χ1) is 15.9. The van der Waals surface area contributed by atoms with Crippen LogP contribution in [-0.2, 0) is 6.42 Å². The third-order valence-electron chi connectivity index (χ3n) is 5.15. The van der Waals surface area contributed by atoms with E-state index < -0.39 is 17.7 Å². The van der Waals surface area contributed by atoms with E-state index >= 15 is 0 Å². The minimum Gasteiger partial charge on any atom is -0.478 e. The van der Waals surface area contributed by atoms with Crippen LogP contribution in [0.1, 0.15) is 26.3 Å². The number of carbonyl (C=O) groups excluding carboxylic acids is 1. The monoisotopic (exact) mass is 447 g/mol. The van der Waals surface area contributed by atoms with Crippen LogP contribution in [0.15, 0.2) is 72.8 Å². The number of benzene rings is 3. The van der Waals surface area contributed by atoms with Gasteiger partial charge in [-0.05, 0) is 66.6 Å². The molecule has 33 heavy (non-hydrogen) atoms. The topological polar surface area (TPSA) is 95.1 Å². The predicted octanol–water partition coefficient (Wildman–Crippen LogP) is 4.69. The molecule has 1 heterocycles. The maximum atomic E-state index is 14.7. The fraction of sp³-hybridized carbons (Fsp3) is 0.0800. The number of nitrogens with zero attached hydrogens (tertiary/aromatic N) is 1. The molecule has 0 spiro atoms. The summed E-state index contributed by atoms with van der Waals surface area (Å²) < 4.78 is 27.9. The average Bonchev–Trinajstić information content (AvgIpc) is 3.29. The maximum Gasteiger partial charge on any atom is 0.335 e. The van der Waals surface area contributed by atoms with Crippen molar-refractivity contribution in [1.82, 2.24) is 15.5 Å². The van der Waals surface area contributed by atoms with Gasteiger partial charge in [0.2, 0.25) is 0 Å². The van der Waals surface area contributed by atoms with Crippen LogP contribution in [-0.4, -0.2) is 33.7 Å². The minimum atomic E-state index is -1.00. The predicted molar refractivity (Wildman–Crippen MR) is 119 cm³/mol. The Kier molecular flexibility index (Phi) is 6.26. The lowest BCUT2D eigenvalue weighted by Gasteiger charge is -2.10. The molecule has 0 bridgehead atoms. The molecular weight excluding hydrogens is 428 g/mol. The molecule has 166 valence electrons. The van der Waals surface area contributed by atoms with E-state index in [9.17, 15) is 18.4 Å². The lowest BCUT2D eigenvalue weighted by atomic mass is 10.0. The summed E-state index contributed by atoms with van der Waals surface area (Å²) in [5.41, 5.74) is 2.73. The number of halogens is 2. The van der Waals surface area contributed by atoms with Gasteiger partial charge >= 0.3 is 5.97 Å². The van der Waals surface area contributed by atoms with Gasteiger partial charge in [0.15, 0.2) is 0 Å².